The predicted molar refractivity (Wildman–Crippen MR) is 122 cm³/mol. The number of ether oxygens (including phenoxy) is 1. The number of aromatic nitrogens is 4. The summed E-state index contributed by atoms with van der Waals surface area (Å²) in [5.74, 6) is 1.33. The van der Waals surface area contributed by atoms with Gasteiger partial charge in [-0.2, -0.15) is 0 Å². The molecule has 0 unspecified atom stereocenters. The predicted octanol–water partition coefficient (Wildman–Crippen LogP) is 3.82. The molecule has 1 N–H and O–H groups in total. The Labute approximate surface area is 184 Å². The molecule has 4 rings (SSSR count). The molecule has 0 saturated carbocycles. The van der Waals surface area contributed by atoms with Gasteiger partial charge in [-0.25, -0.2) is 14.7 Å². The zero-order chi connectivity index (χ0) is 21.1. The number of halogens is 1. The molecule has 2 aromatic heterocycles. The maximum Gasteiger partial charge on any atom is 0.279 e. The van der Waals surface area contributed by atoms with Gasteiger partial charge in [0, 0.05) is 10.7 Å². The summed E-state index contributed by atoms with van der Waals surface area (Å²) in [7, 11) is 1.62. The lowest BCUT2D eigenvalue weighted by atomic mass is 10.2. The van der Waals surface area contributed by atoms with E-state index in [1.54, 1.807) is 26.3 Å². The number of aryl methyl sites for hydroxylation is 1. The fourth-order valence-electron chi connectivity index (χ4n) is 2.82. The van der Waals surface area contributed by atoms with E-state index in [9.17, 15) is 4.79 Å². The molecular formula is C20H17BrN6O2S. The first-order valence-corrected chi connectivity index (χ1v) is 10.6. The monoisotopic (exact) mass is 484 g/mol. The Hall–Kier alpha value is -3.11. The largest absolute Gasteiger partial charge is 0.497 e. The molecule has 0 amide bonds. The average molecular weight is 485 g/mol. The molecule has 2 aromatic carbocycles. The molecule has 4 aromatic rings. The Morgan fingerprint density at radius 1 is 1.27 bits per heavy atom. The van der Waals surface area contributed by atoms with Crippen LogP contribution in [0.4, 0.5) is 5.13 Å². The first-order valence-electron chi connectivity index (χ1n) is 8.97. The highest BCUT2D eigenvalue weighted by Gasteiger charge is 2.10. The maximum atomic E-state index is 12.8. The van der Waals surface area contributed by atoms with E-state index in [0.29, 0.717) is 33.4 Å². The van der Waals surface area contributed by atoms with Crippen molar-refractivity contribution in [3.8, 4) is 5.75 Å². The smallest absolute Gasteiger partial charge is 0.279 e. The van der Waals surface area contributed by atoms with E-state index in [1.165, 1.54) is 16.0 Å². The molecular weight excluding hydrogens is 468 g/mol. The summed E-state index contributed by atoms with van der Waals surface area (Å²) in [5, 5.41) is 9.98. The van der Waals surface area contributed by atoms with E-state index in [-0.39, 0.29) is 5.56 Å². The maximum absolute atomic E-state index is 12.8. The number of benzene rings is 2. The second kappa shape index (κ2) is 8.72. The first-order chi connectivity index (χ1) is 14.5. The van der Waals surface area contributed by atoms with Crippen molar-refractivity contribution in [3.05, 3.63) is 73.7 Å². The lowest BCUT2D eigenvalue weighted by molar-refractivity contribution is 0.415. The lowest BCUT2D eigenvalue weighted by Gasteiger charge is -2.12. The molecule has 0 saturated heterocycles. The number of fused-ring (bicyclic) bond motifs is 1. The van der Waals surface area contributed by atoms with Gasteiger partial charge >= 0.3 is 0 Å². The van der Waals surface area contributed by atoms with Crippen LogP contribution in [0.3, 0.4) is 0 Å². The summed E-state index contributed by atoms with van der Waals surface area (Å²) in [6.45, 7) is 2.11. The average Bonchev–Trinajstić information content (AvgIpc) is 3.21. The Bertz CT molecular complexity index is 1300. The number of aliphatic imine (C=N–C) groups is 1. The van der Waals surface area contributed by atoms with E-state index in [0.717, 1.165) is 15.8 Å². The summed E-state index contributed by atoms with van der Waals surface area (Å²) in [4.78, 5) is 21.7. The SMILES string of the molecule is COc1cccc(/C=N/c2nnc(CNn3c(C)nc4ccc(Br)cc4c3=O)s2)c1. The molecule has 0 atom stereocenters. The van der Waals surface area contributed by atoms with E-state index < -0.39 is 0 Å². The van der Waals surface area contributed by atoms with Crippen LogP contribution in [0.1, 0.15) is 16.4 Å². The minimum atomic E-state index is -0.167. The molecule has 0 aliphatic heterocycles. The zero-order valence-electron chi connectivity index (χ0n) is 16.2. The van der Waals surface area contributed by atoms with Crippen LogP contribution in [0.2, 0.25) is 0 Å². The molecule has 2 heterocycles. The van der Waals surface area contributed by atoms with Gasteiger partial charge in [0.05, 0.1) is 24.6 Å². The topological polar surface area (TPSA) is 94.3 Å². The second-order valence-corrected chi connectivity index (χ2v) is 8.27. The van der Waals surface area contributed by atoms with Crippen molar-refractivity contribution >= 4 is 49.5 Å². The third-order valence-corrected chi connectivity index (χ3v) is 5.58. The number of hydrogen-bond acceptors (Lipinski definition) is 8. The van der Waals surface area contributed by atoms with Crippen molar-refractivity contribution in [3.63, 3.8) is 0 Å². The summed E-state index contributed by atoms with van der Waals surface area (Å²) in [6.07, 6.45) is 1.71. The van der Waals surface area contributed by atoms with Crippen LogP contribution in [0.15, 0.2) is 56.7 Å². The van der Waals surface area contributed by atoms with E-state index in [1.807, 2.05) is 36.4 Å². The Morgan fingerprint density at radius 3 is 2.97 bits per heavy atom. The van der Waals surface area contributed by atoms with Gasteiger partial charge < -0.3 is 10.2 Å². The van der Waals surface area contributed by atoms with Crippen molar-refractivity contribution in [2.45, 2.75) is 13.5 Å². The molecule has 30 heavy (non-hydrogen) atoms. The van der Waals surface area contributed by atoms with Crippen LogP contribution in [0.25, 0.3) is 10.9 Å². The van der Waals surface area contributed by atoms with Crippen molar-refractivity contribution in [2.24, 2.45) is 4.99 Å². The third-order valence-electron chi connectivity index (χ3n) is 4.26. The summed E-state index contributed by atoms with van der Waals surface area (Å²) in [5.41, 5.74) is 4.47. The highest BCUT2D eigenvalue weighted by atomic mass is 79.9. The standard InChI is InChI=1S/C20H17BrN6O2S/c1-12-24-17-7-6-14(21)9-16(17)19(28)27(12)23-11-18-25-26-20(30-18)22-10-13-4-3-5-15(8-13)29-2/h3-10,23H,11H2,1-2H3/b22-10+. The van der Waals surface area contributed by atoms with Gasteiger partial charge in [0.15, 0.2) is 0 Å². The van der Waals surface area contributed by atoms with Gasteiger partial charge in [0.1, 0.15) is 16.6 Å². The number of nitrogens with one attached hydrogen (secondary N) is 1. The fraction of sp³-hybridized carbons (Fsp3) is 0.150. The molecule has 0 aliphatic rings. The summed E-state index contributed by atoms with van der Waals surface area (Å²) in [6, 6.07) is 13.0. The van der Waals surface area contributed by atoms with E-state index >= 15 is 0 Å². The van der Waals surface area contributed by atoms with Gasteiger partial charge in [-0.3, -0.25) is 4.79 Å². The fourth-order valence-corrected chi connectivity index (χ4v) is 3.80. The number of rotatable bonds is 6. The third kappa shape index (κ3) is 4.39. The molecule has 0 spiro atoms. The van der Waals surface area contributed by atoms with Gasteiger partial charge in [-0.15, -0.1) is 10.2 Å². The number of hydrogen-bond donors (Lipinski definition) is 1. The van der Waals surface area contributed by atoms with Crippen LogP contribution in [-0.4, -0.2) is 33.2 Å². The van der Waals surface area contributed by atoms with Crippen LogP contribution in [-0.2, 0) is 6.54 Å². The molecule has 152 valence electrons. The first kappa shape index (κ1) is 20.2. The number of nitrogens with zero attached hydrogens (tertiary/aromatic N) is 5. The van der Waals surface area contributed by atoms with E-state index in [4.69, 9.17) is 4.74 Å². The molecule has 10 heteroatoms. The Balaban J connectivity index is 1.49. The van der Waals surface area contributed by atoms with Gasteiger partial charge in [0.25, 0.3) is 5.56 Å². The normalized spacial score (nSPS) is 11.3. The summed E-state index contributed by atoms with van der Waals surface area (Å²) < 4.78 is 7.46. The molecule has 0 fully saturated rings. The van der Waals surface area contributed by atoms with Crippen molar-refractivity contribution < 1.29 is 4.74 Å². The quantitative estimate of drug-likeness (QED) is 0.418. The highest BCUT2D eigenvalue weighted by molar-refractivity contribution is 9.10. The second-order valence-electron chi connectivity index (χ2n) is 6.31. The van der Waals surface area contributed by atoms with Gasteiger partial charge in [-0.05, 0) is 42.8 Å². The number of methoxy groups -OCH3 is 1. The lowest BCUT2D eigenvalue weighted by Crippen LogP contribution is -2.31. The van der Waals surface area contributed by atoms with Gasteiger partial charge in [0.2, 0.25) is 5.13 Å². The molecule has 0 bridgehead atoms. The molecule has 0 radical (unpaired) electrons. The van der Waals surface area contributed by atoms with Crippen LogP contribution in [0.5, 0.6) is 5.75 Å². The Morgan fingerprint density at radius 2 is 2.13 bits per heavy atom. The molecule has 8 nitrogen and oxygen atoms in total. The van der Waals surface area contributed by atoms with Crippen LogP contribution in [0, 0.1) is 6.92 Å². The highest BCUT2D eigenvalue weighted by Crippen LogP contribution is 2.20. The van der Waals surface area contributed by atoms with Gasteiger partial charge in [-0.1, -0.05) is 39.4 Å². The summed E-state index contributed by atoms with van der Waals surface area (Å²) >= 11 is 4.74. The minimum absolute atomic E-state index is 0.167. The Kier molecular flexibility index (Phi) is 5.86. The van der Waals surface area contributed by atoms with Crippen LogP contribution < -0.4 is 15.7 Å². The van der Waals surface area contributed by atoms with Crippen molar-refractivity contribution in [1.29, 1.82) is 0 Å². The van der Waals surface area contributed by atoms with Crippen LogP contribution >= 0.6 is 27.3 Å². The minimum Gasteiger partial charge on any atom is -0.497 e. The van der Waals surface area contributed by atoms with E-state index in [2.05, 4.69) is 41.5 Å². The van der Waals surface area contributed by atoms with Crippen molar-refractivity contribution in [2.75, 3.05) is 12.5 Å². The zero-order valence-corrected chi connectivity index (χ0v) is 18.6. The van der Waals surface area contributed by atoms with Crippen molar-refractivity contribution in [1.82, 2.24) is 19.9 Å². The molecule has 0 aliphatic carbocycles.